The number of aryl methyl sites for hydroxylation is 1. The second-order valence-electron chi connectivity index (χ2n) is 6.59. The van der Waals surface area contributed by atoms with Crippen molar-refractivity contribution in [3.8, 4) is 0 Å². The molecule has 140 valence electrons. The van der Waals surface area contributed by atoms with E-state index in [0.717, 1.165) is 19.3 Å². The number of thiophene rings is 1. The summed E-state index contributed by atoms with van der Waals surface area (Å²) in [6.07, 6.45) is 4.32. The van der Waals surface area contributed by atoms with Crippen LogP contribution in [0.4, 0.5) is 5.69 Å². The number of carbonyl (C=O) groups excluding carboxylic acids is 3. The molecule has 1 heterocycles. The van der Waals surface area contributed by atoms with Crippen molar-refractivity contribution in [1.82, 2.24) is 10.9 Å². The van der Waals surface area contributed by atoms with Gasteiger partial charge in [0.2, 0.25) is 5.91 Å². The van der Waals surface area contributed by atoms with Crippen molar-refractivity contribution >= 4 is 34.7 Å². The number of amides is 3. The van der Waals surface area contributed by atoms with Gasteiger partial charge in [-0.15, -0.1) is 11.3 Å². The van der Waals surface area contributed by atoms with Crippen LogP contribution in [0.15, 0.2) is 43.0 Å². The van der Waals surface area contributed by atoms with E-state index in [1.807, 2.05) is 6.07 Å². The third kappa shape index (κ3) is 4.62. The minimum Gasteiger partial charge on any atom is -0.323 e. The van der Waals surface area contributed by atoms with Gasteiger partial charge in [0.25, 0.3) is 11.8 Å². The zero-order chi connectivity index (χ0) is 19.4. The molecule has 0 radical (unpaired) electrons. The van der Waals surface area contributed by atoms with Crippen molar-refractivity contribution in [2.45, 2.75) is 26.2 Å². The number of hydrogen-bond acceptors (Lipinski definition) is 4. The molecule has 1 unspecified atom stereocenters. The highest BCUT2D eigenvalue weighted by Gasteiger charge is 2.21. The molecule has 1 atom stereocenters. The van der Waals surface area contributed by atoms with E-state index in [4.69, 9.17) is 0 Å². The number of carbonyl (C=O) groups is 3. The molecule has 3 N–H and O–H groups in total. The van der Waals surface area contributed by atoms with Gasteiger partial charge in [0.1, 0.15) is 0 Å². The molecule has 6 nitrogen and oxygen atoms in total. The normalized spacial score (nSPS) is 15.4. The highest BCUT2D eigenvalue weighted by atomic mass is 32.1. The van der Waals surface area contributed by atoms with Crippen LogP contribution in [0.25, 0.3) is 0 Å². The molecule has 0 saturated carbocycles. The predicted molar refractivity (Wildman–Crippen MR) is 106 cm³/mol. The van der Waals surface area contributed by atoms with Gasteiger partial charge >= 0.3 is 0 Å². The summed E-state index contributed by atoms with van der Waals surface area (Å²) >= 11 is 1.49. The van der Waals surface area contributed by atoms with Crippen LogP contribution in [-0.2, 0) is 17.6 Å². The molecule has 3 rings (SSSR count). The van der Waals surface area contributed by atoms with Crippen molar-refractivity contribution in [2.24, 2.45) is 5.92 Å². The van der Waals surface area contributed by atoms with Gasteiger partial charge in [0.15, 0.2) is 0 Å². The van der Waals surface area contributed by atoms with Crippen LogP contribution in [-0.4, -0.2) is 17.7 Å². The average Bonchev–Trinajstić information content (AvgIpc) is 3.09. The predicted octanol–water partition coefficient (Wildman–Crippen LogP) is 3.07. The van der Waals surface area contributed by atoms with E-state index < -0.39 is 5.91 Å². The van der Waals surface area contributed by atoms with E-state index in [-0.39, 0.29) is 11.8 Å². The first-order valence-corrected chi connectivity index (χ1v) is 9.53. The van der Waals surface area contributed by atoms with E-state index >= 15 is 0 Å². The summed E-state index contributed by atoms with van der Waals surface area (Å²) in [5, 5.41) is 2.60. The van der Waals surface area contributed by atoms with E-state index in [9.17, 15) is 14.4 Å². The van der Waals surface area contributed by atoms with E-state index in [2.05, 4.69) is 29.7 Å². The SMILES string of the molecule is C=CC(=O)Nc1ccc(C(=O)NNC(=O)c2cc3c(s2)CCC(C)C3)cc1. The molecule has 0 bridgehead atoms. The number of anilines is 1. The lowest BCUT2D eigenvalue weighted by Gasteiger charge is -2.16. The zero-order valence-corrected chi connectivity index (χ0v) is 15.8. The third-order valence-corrected chi connectivity index (χ3v) is 5.68. The van der Waals surface area contributed by atoms with E-state index in [1.54, 1.807) is 24.3 Å². The summed E-state index contributed by atoms with van der Waals surface area (Å²) in [4.78, 5) is 37.6. The molecule has 1 aliphatic carbocycles. The quantitative estimate of drug-likeness (QED) is 0.560. The maximum atomic E-state index is 12.3. The fourth-order valence-corrected chi connectivity index (χ4v) is 4.07. The van der Waals surface area contributed by atoms with Crippen molar-refractivity contribution in [3.63, 3.8) is 0 Å². The Kier molecular flexibility index (Phi) is 5.71. The van der Waals surface area contributed by atoms with Crippen molar-refractivity contribution < 1.29 is 14.4 Å². The molecule has 7 heteroatoms. The number of hydrogen-bond donors (Lipinski definition) is 3. The third-order valence-electron chi connectivity index (χ3n) is 4.44. The summed E-state index contributed by atoms with van der Waals surface area (Å²) in [6, 6.07) is 8.25. The Morgan fingerprint density at radius 3 is 2.56 bits per heavy atom. The Balaban J connectivity index is 1.56. The molecule has 0 aliphatic heterocycles. The number of hydrazine groups is 1. The minimum atomic E-state index is -0.431. The Labute approximate surface area is 161 Å². The van der Waals surface area contributed by atoms with Gasteiger partial charge in [-0.1, -0.05) is 13.5 Å². The number of benzene rings is 1. The van der Waals surface area contributed by atoms with Crippen LogP contribution in [0.1, 0.15) is 43.8 Å². The minimum absolute atomic E-state index is 0.315. The van der Waals surface area contributed by atoms with Crippen LogP contribution >= 0.6 is 11.3 Å². The molecule has 0 spiro atoms. The lowest BCUT2D eigenvalue weighted by atomic mass is 9.90. The largest absolute Gasteiger partial charge is 0.323 e. The van der Waals surface area contributed by atoms with Crippen LogP contribution in [0, 0.1) is 5.92 Å². The average molecular weight is 383 g/mol. The van der Waals surface area contributed by atoms with E-state index in [0.29, 0.717) is 22.0 Å². The van der Waals surface area contributed by atoms with Gasteiger partial charge in [0, 0.05) is 16.1 Å². The Bertz CT molecular complexity index is 886. The van der Waals surface area contributed by atoms with Crippen molar-refractivity contribution in [3.05, 3.63) is 63.9 Å². The maximum Gasteiger partial charge on any atom is 0.279 e. The Hall–Kier alpha value is -2.93. The molecule has 1 aromatic heterocycles. The summed E-state index contributed by atoms with van der Waals surface area (Å²) in [5.74, 6) is -0.431. The summed E-state index contributed by atoms with van der Waals surface area (Å²) in [5.41, 5.74) is 7.05. The second-order valence-corrected chi connectivity index (χ2v) is 7.72. The summed E-state index contributed by atoms with van der Waals surface area (Å²) < 4.78 is 0. The van der Waals surface area contributed by atoms with Crippen molar-refractivity contribution in [1.29, 1.82) is 0 Å². The van der Waals surface area contributed by atoms with Gasteiger partial charge in [0.05, 0.1) is 4.88 Å². The smallest absolute Gasteiger partial charge is 0.279 e. The van der Waals surface area contributed by atoms with Crippen LogP contribution < -0.4 is 16.2 Å². The Morgan fingerprint density at radius 1 is 1.15 bits per heavy atom. The molecule has 2 aromatic rings. The number of fused-ring (bicyclic) bond motifs is 1. The highest BCUT2D eigenvalue weighted by molar-refractivity contribution is 7.14. The molecule has 27 heavy (non-hydrogen) atoms. The number of nitrogens with one attached hydrogen (secondary N) is 3. The van der Waals surface area contributed by atoms with Crippen molar-refractivity contribution in [2.75, 3.05) is 5.32 Å². The first-order chi connectivity index (χ1) is 13.0. The molecule has 1 aromatic carbocycles. The first-order valence-electron chi connectivity index (χ1n) is 8.72. The fourth-order valence-electron chi connectivity index (χ4n) is 2.96. The lowest BCUT2D eigenvalue weighted by Crippen LogP contribution is -2.41. The van der Waals surface area contributed by atoms with Gasteiger partial charge in [-0.2, -0.15) is 0 Å². The van der Waals surface area contributed by atoms with E-state index in [1.165, 1.54) is 27.9 Å². The number of rotatable bonds is 4. The van der Waals surface area contributed by atoms with Crippen LogP contribution in [0.5, 0.6) is 0 Å². The molecule has 0 fully saturated rings. The van der Waals surface area contributed by atoms with Crippen LogP contribution in [0.3, 0.4) is 0 Å². The van der Waals surface area contributed by atoms with Gasteiger partial charge < -0.3 is 5.32 Å². The topological polar surface area (TPSA) is 87.3 Å². The monoisotopic (exact) mass is 383 g/mol. The summed E-state index contributed by atoms with van der Waals surface area (Å²) in [6.45, 7) is 5.59. The van der Waals surface area contributed by atoms with Gasteiger partial charge in [-0.05, 0) is 67.2 Å². The van der Waals surface area contributed by atoms with Crippen LogP contribution in [0.2, 0.25) is 0 Å². The highest BCUT2D eigenvalue weighted by Crippen LogP contribution is 2.32. The second kappa shape index (κ2) is 8.18. The molecule has 1 aliphatic rings. The van der Waals surface area contributed by atoms with Gasteiger partial charge in [-0.3, -0.25) is 25.2 Å². The summed E-state index contributed by atoms with van der Waals surface area (Å²) in [7, 11) is 0. The lowest BCUT2D eigenvalue weighted by molar-refractivity contribution is -0.111. The molecule has 0 saturated heterocycles. The molecular formula is C20H21N3O3S. The first kappa shape index (κ1) is 18.8. The maximum absolute atomic E-state index is 12.3. The van der Waals surface area contributed by atoms with Gasteiger partial charge in [-0.25, -0.2) is 0 Å². The molecular weight excluding hydrogens is 362 g/mol. The molecule has 3 amide bonds. The standard InChI is InChI=1S/C20H21N3O3S/c1-3-18(24)21-15-7-5-13(6-8-15)19(25)22-23-20(26)17-11-14-10-12(2)4-9-16(14)27-17/h3,5-8,11-12H,1,4,9-10H2,2H3,(H,21,24)(H,22,25)(H,23,26). The Morgan fingerprint density at radius 2 is 1.85 bits per heavy atom. The zero-order valence-electron chi connectivity index (χ0n) is 15.0. The fraction of sp³-hybridized carbons (Fsp3) is 0.250.